The van der Waals surface area contributed by atoms with Crippen molar-refractivity contribution < 1.29 is 23.0 Å². The Morgan fingerprint density at radius 3 is 2.83 bits per heavy atom. The molecule has 0 aliphatic carbocycles. The van der Waals surface area contributed by atoms with Gasteiger partial charge in [-0.25, -0.2) is 0 Å². The van der Waals surface area contributed by atoms with E-state index in [1.54, 1.807) is 12.1 Å². The Hall–Kier alpha value is -1.21. The highest BCUT2D eigenvalue weighted by atomic mass is 79.9. The van der Waals surface area contributed by atoms with E-state index in [9.17, 15) is 13.6 Å². The molecule has 7 heteroatoms. The fraction of sp³-hybridized carbons (Fsp3) is 0.364. The van der Waals surface area contributed by atoms with Gasteiger partial charge in [0.25, 0.3) is 0 Å². The summed E-state index contributed by atoms with van der Waals surface area (Å²) in [6, 6.07) is 4.68. The molecule has 0 amide bonds. The number of hydrogen-bond donors (Lipinski definition) is 1. The van der Waals surface area contributed by atoms with Crippen LogP contribution in [0.1, 0.15) is 5.56 Å². The van der Waals surface area contributed by atoms with Gasteiger partial charge in [0.1, 0.15) is 5.75 Å². The third-order valence-electron chi connectivity index (χ3n) is 2.05. The molecule has 100 valence electrons. The predicted molar refractivity (Wildman–Crippen MR) is 64.5 cm³/mol. The average Bonchev–Trinajstić information content (AvgIpc) is 2.31. The van der Waals surface area contributed by atoms with Gasteiger partial charge in [-0.15, -0.1) is 0 Å². The van der Waals surface area contributed by atoms with Gasteiger partial charge in [-0.05, 0) is 18.2 Å². The minimum absolute atomic E-state index is 0.00285. The first-order valence-corrected chi connectivity index (χ1v) is 5.83. The molecule has 0 saturated carbocycles. The standard InChI is InChI=1S/C11H12BrF2NO3/c1-17-10(16)6-15-5-7-4-8(12)2-3-9(7)18-11(13)14/h2-4,11,15H,5-6H2,1H3. The lowest BCUT2D eigenvalue weighted by atomic mass is 10.2. The van der Waals surface area contributed by atoms with Crippen LogP contribution in [0.25, 0.3) is 0 Å². The van der Waals surface area contributed by atoms with Crippen molar-refractivity contribution in [2.24, 2.45) is 0 Å². The molecule has 0 aliphatic heterocycles. The second kappa shape index (κ2) is 7.27. The van der Waals surface area contributed by atoms with E-state index in [0.29, 0.717) is 5.56 Å². The number of ether oxygens (including phenoxy) is 2. The Morgan fingerprint density at radius 2 is 2.22 bits per heavy atom. The third kappa shape index (κ3) is 4.97. The summed E-state index contributed by atoms with van der Waals surface area (Å²) in [5, 5.41) is 2.77. The van der Waals surface area contributed by atoms with Crippen molar-refractivity contribution in [1.82, 2.24) is 5.32 Å². The van der Waals surface area contributed by atoms with Crippen LogP contribution in [0.2, 0.25) is 0 Å². The minimum atomic E-state index is -2.88. The summed E-state index contributed by atoms with van der Waals surface area (Å²) >= 11 is 3.23. The van der Waals surface area contributed by atoms with Gasteiger partial charge in [-0.2, -0.15) is 8.78 Å². The van der Waals surface area contributed by atoms with Crippen LogP contribution in [0.4, 0.5) is 8.78 Å². The van der Waals surface area contributed by atoms with E-state index < -0.39 is 12.6 Å². The van der Waals surface area contributed by atoms with E-state index in [4.69, 9.17) is 0 Å². The van der Waals surface area contributed by atoms with Gasteiger partial charge in [0.2, 0.25) is 0 Å². The Kier molecular flexibility index (Phi) is 6.00. The number of esters is 1. The second-order valence-corrected chi connectivity index (χ2v) is 4.23. The van der Waals surface area contributed by atoms with Crippen LogP contribution in [0.15, 0.2) is 22.7 Å². The molecule has 0 fully saturated rings. The molecule has 1 N–H and O–H groups in total. The third-order valence-corrected chi connectivity index (χ3v) is 2.54. The predicted octanol–water partition coefficient (Wildman–Crippen LogP) is 2.31. The molecule has 0 saturated heterocycles. The number of halogens is 3. The lowest BCUT2D eigenvalue weighted by Crippen LogP contribution is -2.23. The van der Waals surface area contributed by atoms with Crippen molar-refractivity contribution in [3.05, 3.63) is 28.2 Å². The van der Waals surface area contributed by atoms with Crippen molar-refractivity contribution >= 4 is 21.9 Å². The van der Waals surface area contributed by atoms with Crippen LogP contribution < -0.4 is 10.1 Å². The summed E-state index contributed by atoms with van der Waals surface area (Å²) in [4.78, 5) is 10.9. The molecule has 0 aliphatic rings. The van der Waals surface area contributed by atoms with Gasteiger partial charge in [0, 0.05) is 16.6 Å². The second-order valence-electron chi connectivity index (χ2n) is 3.31. The monoisotopic (exact) mass is 323 g/mol. The number of alkyl halides is 2. The van der Waals surface area contributed by atoms with Gasteiger partial charge in [-0.3, -0.25) is 4.79 Å². The van der Waals surface area contributed by atoms with Crippen molar-refractivity contribution in [2.75, 3.05) is 13.7 Å². The molecule has 0 bridgehead atoms. The zero-order valence-electron chi connectivity index (χ0n) is 9.58. The lowest BCUT2D eigenvalue weighted by molar-refractivity contribution is -0.139. The fourth-order valence-electron chi connectivity index (χ4n) is 1.27. The SMILES string of the molecule is COC(=O)CNCc1cc(Br)ccc1OC(F)F. The van der Waals surface area contributed by atoms with Crippen LogP contribution in [0.5, 0.6) is 5.75 Å². The summed E-state index contributed by atoms with van der Waals surface area (Å²) in [7, 11) is 1.27. The normalized spacial score (nSPS) is 10.5. The zero-order valence-corrected chi connectivity index (χ0v) is 11.2. The Labute approximate surface area is 111 Å². The van der Waals surface area contributed by atoms with Crippen molar-refractivity contribution in [3.63, 3.8) is 0 Å². The molecule has 0 heterocycles. The molecule has 0 spiro atoms. The number of methoxy groups -OCH3 is 1. The number of carbonyl (C=O) groups excluding carboxylic acids is 1. The highest BCUT2D eigenvalue weighted by Gasteiger charge is 2.10. The number of carbonyl (C=O) groups is 1. The zero-order chi connectivity index (χ0) is 13.5. The quantitative estimate of drug-likeness (QED) is 0.816. The van der Waals surface area contributed by atoms with E-state index in [0.717, 1.165) is 4.47 Å². The molecule has 0 unspecified atom stereocenters. The molecular weight excluding hydrogens is 312 g/mol. The van der Waals surface area contributed by atoms with E-state index in [1.165, 1.54) is 13.2 Å². The number of benzene rings is 1. The van der Waals surface area contributed by atoms with Gasteiger partial charge in [-0.1, -0.05) is 15.9 Å². The van der Waals surface area contributed by atoms with Crippen LogP contribution in [0, 0.1) is 0 Å². The molecule has 0 atom stereocenters. The van der Waals surface area contributed by atoms with Gasteiger partial charge < -0.3 is 14.8 Å². The topological polar surface area (TPSA) is 47.6 Å². The summed E-state index contributed by atoms with van der Waals surface area (Å²) < 4.78 is 33.9. The summed E-state index contributed by atoms with van der Waals surface area (Å²) in [5.41, 5.74) is 0.522. The molecule has 0 radical (unpaired) electrons. The highest BCUT2D eigenvalue weighted by molar-refractivity contribution is 9.10. The largest absolute Gasteiger partial charge is 0.468 e. The van der Waals surface area contributed by atoms with Crippen molar-refractivity contribution in [3.8, 4) is 5.75 Å². The number of hydrogen-bond acceptors (Lipinski definition) is 4. The van der Waals surface area contributed by atoms with E-state index in [-0.39, 0.29) is 18.8 Å². The first-order valence-electron chi connectivity index (χ1n) is 5.03. The number of rotatable bonds is 6. The van der Waals surface area contributed by atoms with E-state index >= 15 is 0 Å². The molecule has 1 rings (SSSR count). The molecular formula is C11H12BrF2NO3. The summed E-state index contributed by atoms with van der Waals surface area (Å²) in [6.45, 7) is -2.67. The van der Waals surface area contributed by atoms with Gasteiger partial charge >= 0.3 is 12.6 Å². The molecule has 1 aromatic rings. The highest BCUT2D eigenvalue weighted by Crippen LogP contribution is 2.24. The Balaban J connectivity index is 2.66. The first-order chi connectivity index (χ1) is 8.52. The maximum Gasteiger partial charge on any atom is 0.387 e. The summed E-state index contributed by atoms with van der Waals surface area (Å²) in [6.07, 6.45) is 0. The molecule has 18 heavy (non-hydrogen) atoms. The van der Waals surface area contributed by atoms with Crippen molar-refractivity contribution in [2.45, 2.75) is 13.2 Å². The Bertz CT molecular complexity index is 415. The smallest absolute Gasteiger partial charge is 0.387 e. The molecule has 0 aromatic heterocycles. The minimum Gasteiger partial charge on any atom is -0.468 e. The maximum atomic E-state index is 12.2. The maximum absolute atomic E-state index is 12.2. The first kappa shape index (κ1) is 14.8. The lowest BCUT2D eigenvalue weighted by Gasteiger charge is -2.11. The molecule has 1 aromatic carbocycles. The van der Waals surface area contributed by atoms with Crippen molar-refractivity contribution in [1.29, 1.82) is 0 Å². The summed E-state index contributed by atoms with van der Waals surface area (Å²) in [5.74, 6) is -0.355. The Morgan fingerprint density at radius 1 is 1.50 bits per heavy atom. The van der Waals surface area contributed by atoms with Crippen LogP contribution >= 0.6 is 15.9 Å². The van der Waals surface area contributed by atoms with Gasteiger partial charge in [0.05, 0.1) is 13.7 Å². The van der Waals surface area contributed by atoms with Crippen LogP contribution in [-0.2, 0) is 16.1 Å². The van der Waals surface area contributed by atoms with E-state index in [1.807, 2.05) is 0 Å². The van der Waals surface area contributed by atoms with E-state index in [2.05, 4.69) is 30.7 Å². The van der Waals surface area contributed by atoms with Crippen LogP contribution in [-0.4, -0.2) is 26.2 Å². The van der Waals surface area contributed by atoms with Gasteiger partial charge in [0.15, 0.2) is 0 Å². The fourth-order valence-corrected chi connectivity index (χ4v) is 1.68. The average molecular weight is 324 g/mol. The number of nitrogens with one attached hydrogen (secondary N) is 1. The molecule has 4 nitrogen and oxygen atoms in total. The van der Waals surface area contributed by atoms with Crippen LogP contribution in [0.3, 0.4) is 0 Å².